The average molecular weight is 483 g/mol. The maximum Gasteiger partial charge on any atom is 0.264 e. The molecule has 0 aromatic heterocycles. The van der Waals surface area contributed by atoms with Crippen LogP contribution < -0.4 is 19.1 Å². The minimum Gasteiger partial charge on any atom is -0.492 e. The van der Waals surface area contributed by atoms with Crippen LogP contribution in [-0.4, -0.2) is 40.6 Å². The van der Waals surface area contributed by atoms with Crippen LogP contribution in [-0.2, 0) is 14.8 Å². The van der Waals surface area contributed by atoms with Gasteiger partial charge in [0.15, 0.2) is 0 Å². The molecule has 3 aromatic rings. The molecule has 0 atom stereocenters. The van der Waals surface area contributed by atoms with Gasteiger partial charge in [-0.25, -0.2) is 8.42 Å². The molecule has 8 heteroatoms. The van der Waals surface area contributed by atoms with Gasteiger partial charge in [0.05, 0.1) is 23.7 Å². The lowest BCUT2D eigenvalue weighted by atomic mass is 10.1. The fourth-order valence-corrected chi connectivity index (χ4v) is 4.83. The predicted molar refractivity (Wildman–Crippen MR) is 133 cm³/mol. The SMILES string of the molecule is CCOc1ccccc1N(CC(=O)NCCOc1cccc(C)c1C)S(=O)(=O)c1ccccc1. The Labute approximate surface area is 201 Å². The maximum atomic E-state index is 13.5. The standard InChI is InChI=1S/C26H30N2O5S/c1-4-32-25-15-9-8-14-23(25)28(34(30,31)22-12-6-5-7-13-22)19-26(29)27-17-18-33-24-16-10-11-20(2)21(24)3/h5-16H,4,17-19H2,1-3H3,(H,27,29). The van der Waals surface area contributed by atoms with Crippen LogP contribution in [0.5, 0.6) is 11.5 Å². The number of anilines is 1. The van der Waals surface area contributed by atoms with Crippen molar-refractivity contribution in [1.29, 1.82) is 0 Å². The Hall–Kier alpha value is -3.52. The highest BCUT2D eigenvalue weighted by atomic mass is 32.2. The number of nitrogens with one attached hydrogen (secondary N) is 1. The second-order valence-corrected chi connectivity index (χ2v) is 9.48. The van der Waals surface area contributed by atoms with Gasteiger partial charge in [-0.3, -0.25) is 9.10 Å². The zero-order valence-electron chi connectivity index (χ0n) is 19.7. The monoisotopic (exact) mass is 482 g/mol. The highest BCUT2D eigenvalue weighted by molar-refractivity contribution is 7.92. The molecule has 0 aliphatic rings. The van der Waals surface area contributed by atoms with Crippen LogP contribution in [0.4, 0.5) is 5.69 Å². The summed E-state index contributed by atoms with van der Waals surface area (Å²) in [6, 6.07) is 20.6. The van der Waals surface area contributed by atoms with Gasteiger partial charge in [0.1, 0.15) is 24.7 Å². The minimum absolute atomic E-state index is 0.0901. The molecule has 34 heavy (non-hydrogen) atoms. The van der Waals surface area contributed by atoms with Gasteiger partial charge in [0.25, 0.3) is 10.0 Å². The fourth-order valence-electron chi connectivity index (χ4n) is 3.38. The van der Waals surface area contributed by atoms with Gasteiger partial charge in [-0.2, -0.15) is 0 Å². The number of aryl methyl sites for hydroxylation is 1. The lowest BCUT2D eigenvalue weighted by molar-refractivity contribution is -0.119. The first-order valence-corrected chi connectivity index (χ1v) is 12.5. The summed E-state index contributed by atoms with van der Waals surface area (Å²) in [4.78, 5) is 12.9. The number of hydrogen-bond donors (Lipinski definition) is 1. The van der Waals surface area contributed by atoms with Gasteiger partial charge in [-0.05, 0) is 62.2 Å². The van der Waals surface area contributed by atoms with Gasteiger partial charge < -0.3 is 14.8 Å². The summed E-state index contributed by atoms with van der Waals surface area (Å²) < 4.78 is 39.4. The molecule has 3 aromatic carbocycles. The molecular formula is C26H30N2O5S. The maximum absolute atomic E-state index is 13.5. The van der Waals surface area contributed by atoms with Gasteiger partial charge in [0, 0.05) is 0 Å². The van der Waals surface area contributed by atoms with E-state index in [0.29, 0.717) is 18.0 Å². The first-order valence-electron chi connectivity index (χ1n) is 11.1. The van der Waals surface area contributed by atoms with Crippen LogP contribution in [0.25, 0.3) is 0 Å². The van der Waals surface area contributed by atoms with E-state index in [4.69, 9.17) is 9.47 Å². The lowest BCUT2D eigenvalue weighted by Crippen LogP contribution is -2.42. The zero-order valence-corrected chi connectivity index (χ0v) is 20.5. The van der Waals surface area contributed by atoms with E-state index in [1.54, 1.807) is 42.5 Å². The van der Waals surface area contributed by atoms with E-state index in [9.17, 15) is 13.2 Å². The Morgan fingerprint density at radius 3 is 2.29 bits per heavy atom. The van der Waals surface area contributed by atoms with Crippen LogP contribution in [0.3, 0.4) is 0 Å². The number of sulfonamides is 1. The third-order valence-corrected chi connectivity index (χ3v) is 7.06. The quantitative estimate of drug-likeness (QED) is 0.416. The number of ether oxygens (including phenoxy) is 2. The smallest absolute Gasteiger partial charge is 0.264 e. The van der Waals surface area contributed by atoms with Crippen molar-refractivity contribution in [3.63, 3.8) is 0 Å². The van der Waals surface area contributed by atoms with Crippen LogP contribution in [0, 0.1) is 13.8 Å². The molecular weight excluding hydrogens is 452 g/mol. The molecule has 0 saturated carbocycles. The molecule has 180 valence electrons. The van der Waals surface area contributed by atoms with Crippen LogP contribution in [0.2, 0.25) is 0 Å². The van der Waals surface area contributed by atoms with Crippen molar-refractivity contribution >= 4 is 21.6 Å². The van der Waals surface area contributed by atoms with E-state index >= 15 is 0 Å². The number of nitrogens with zero attached hydrogens (tertiary/aromatic N) is 1. The summed E-state index contributed by atoms with van der Waals surface area (Å²) in [5.41, 5.74) is 2.47. The average Bonchev–Trinajstić information content (AvgIpc) is 2.84. The van der Waals surface area contributed by atoms with Crippen molar-refractivity contribution in [3.05, 3.63) is 83.9 Å². The van der Waals surface area contributed by atoms with Crippen LogP contribution in [0.15, 0.2) is 77.7 Å². The highest BCUT2D eigenvalue weighted by Crippen LogP contribution is 2.32. The Bertz CT molecular complexity index is 1210. The van der Waals surface area contributed by atoms with Crippen molar-refractivity contribution in [2.24, 2.45) is 0 Å². The molecule has 1 amide bonds. The second-order valence-electron chi connectivity index (χ2n) is 7.62. The summed E-state index contributed by atoms with van der Waals surface area (Å²) in [6.07, 6.45) is 0. The third-order valence-electron chi connectivity index (χ3n) is 5.29. The zero-order chi connectivity index (χ0) is 24.6. The van der Waals surface area contributed by atoms with Crippen molar-refractivity contribution in [2.45, 2.75) is 25.7 Å². The van der Waals surface area contributed by atoms with Crippen molar-refractivity contribution in [3.8, 4) is 11.5 Å². The molecule has 0 aliphatic heterocycles. The Morgan fingerprint density at radius 2 is 1.56 bits per heavy atom. The fraction of sp³-hybridized carbons (Fsp3) is 0.269. The van der Waals surface area contributed by atoms with E-state index in [1.165, 1.54) is 12.1 Å². The number of rotatable bonds is 11. The Morgan fingerprint density at radius 1 is 0.882 bits per heavy atom. The first-order chi connectivity index (χ1) is 16.3. The summed E-state index contributed by atoms with van der Waals surface area (Å²) in [5, 5.41) is 2.75. The largest absolute Gasteiger partial charge is 0.492 e. The molecule has 3 rings (SSSR count). The van der Waals surface area contributed by atoms with Crippen molar-refractivity contribution in [2.75, 3.05) is 30.6 Å². The normalized spacial score (nSPS) is 11.0. The predicted octanol–water partition coefficient (Wildman–Crippen LogP) is 4.09. The highest BCUT2D eigenvalue weighted by Gasteiger charge is 2.29. The van der Waals surface area contributed by atoms with Crippen molar-refractivity contribution in [1.82, 2.24) is 5.32 Å². The second kappa shape index (κ2) is 11.6. The lowest BCUT2D eigenvalue weighted by Gasteiger charge is -2.26. The van der Waals surface area contributed by atoms with E-state index in [1.807, 2.05) is 39.0 Å². The van der Waals surface area contributed by atoms with Gasteiger partial charge in [-0.15, -0.1) is 0 Å². The summed E-state index contributed by atoms with van der Waals surface area (Å²) in [7, 11) is -4.01. The van der Waals surface area contributed by atoms with Crippen LogP contribution in [0.1, 0.15) is 18.1 Å². The number of carbonyl (C=O) groups excluding carboxylic acids is 1. The minimum atomic E-state index is -4.01. The first kappa shape index (κ1) is 25.1. The van der Waals surface area contributed by atoms with E-state index in [0.717, 1.165) is 21.2 Å². The molecule has 0 saturated heterocycles. The molecule has 0 fully saturated rings. The molecule has 0 heterocycles. The number of para-hydroxylation sites is 2. The van der Waals surface area contributed by atoms with E-state index in [2.05, 4.69) is 5.32 Å². The Balaban J connectivity index is 1.75. The number of amides is 1. The summed E-state index contributed by atoms with van der Waals surface area (Å²) >= 11 is 0. The summed E-state index contributed by atoms with van der Waals surface area (Å²) in [5.74, 6) is 0.694. The molecule has 0 unspecified atom stereocenters. The van der Waals surface area contributed by atoms with Crippen LogP contribution >= 0.6 is 0 Å². The number of benzene rings is 3. The molecule has 0 aliphatic carbocycles. The third kappa shape index (κ3) is 6.08. The van der Waals surface area contributed by atoms with Gasteiger partial charge >= 0.3 is 0 Å². The van der Waals surface area contributed by atoms with E-state index < -0.39 is 22.5 Å². The molecule has 7 nitrogen and oxygen atoms in total. The Kier molecular flexibility index (Phi) is 8.54. The molecule has 0 bridgehead atoms. The number of carbonyl (C=O) groups is 1. The topological polar surface area (TPSA) is 84.9 Å². The molecule has 0 radical (unpaired) electrons. The van der Waals surface area contributed by atoms with Crippen molar-refractivity contribution < 1.29 is 22.7 Å². The molecule has 1 N–H and O–H groups in total. The molecule has 0 spiro atoms. The van der Waals surface area contributed by atoms with E-state index in [-0.39, 0.29) is 18.0 Å². The van der Waals surface area contributed by atoms with Gasteiger partial charge in [-0.1, -0.05) is 42.5 Å². The number of hydrogen-bond acceptors (Lipinski definition) is 5. The van der Waals surface area contributed by atoms with Gasteiger partial charge in [0.2, 0.25) is 5.91 Å². The summed E-state index contributed by atoms with van der Waals surface area (Å²) in [6.45, 7) is 6.26.